The second-order valence-corrected chi connectivity index (χ2v) is 5.80. The fourth-order valence-corrected chi connectivity index (χ4v) is 2.93. The maximum atomic E-state index is 12.0. The Kier molecular flexibility index (Phi) is 4.70. The zero-order chi connectivity index (χ0) is 17.8. The first-order chi connectivity index (χ1) is 12.1. The van der Waals surface area contributed by atoms with Gasteiger partial charge in [-0.3, -0.25) is 10.1 Å². The van der Waals surface area contributed by atoms with Crippen LogP contribution < -0.4 is 14.8 Å². The summed E-state index contributed by atoms with van der Waals surface area (Å²) in [5.74, 6) is -0.301. The molecule has 0 fully saturated rings. The van der Waals surface area contributed by atoms with Gasteiger partial charge in [0.05, 0.1) is 17.3 Å². The summed E-state index contributed by atoms with van der Waals surface area (Å²) in [5.41, 5.74) is 0.727. The third kappa shape index (κ3) is 3.80. The zero-order valence-corrected chi connectivity index (χ0v) is 13.8. The Morgan fingerprint density at radius 2 is 2.24 bits per heavy atom. The predicted octanol–water partition coefficient (Wildman–Crippen LogP) is 2.63. The third-order valence-electron chi connectivity index (χ3n) is 3.12. The lowest BCUT2D eigenvalue weighted by Gasteiger charge is -2.05. The molecular weight excluding hydrogens is 348 g/mol. The van der Waals surface area contributed by atoms with Gasteiger partial charge < -0.3 is 19.6 Å². The molecule has 2 heterocycles. The van der Waals surface area contributed by atoms with E-state index in [-0.39, 0.29) is 5.75 Å². The van der Waals surface area contributed by atoms with E-state index in [1.165, 1.54) is 29.7 Å². The number of anilines is 1. The van der Waals surface area contributed by atoms with Crippen LogP contribution in [0.3, 0.4) is 0 Å². The van der Waals surface area contributed by atoms with Crippen LogP contribution in [0.2, 0.25) is 0 Å². The molecule has 10 heteroatoms. The van der Waals surface area contributed by atoms with E-state index < -0.39 is 23.3 Å². The van der Waals surface area contributed by atoms with Gasteiger partial charge in [-0.2, -0.15) is 0 Å². The maximum Gasteiger partial charge on any atom is 0.406 e. The number of hydrogen-bond donors (Lipinski definition) is 1. The number of nitro groups is 1. The summed E-state index contributed by atoms with van der Waals surface area (Å²) in [7, 11) is 1.57. The lowest BCUT2D eigenvalue weighted by molar-refractivity contribution is -0.390. The molecule has 1 aromatic carbocycles. The van der Waals surface area contributed by atoms with Crippen LogP contribution in [0, 0.1) is 10.1 Å². The van der Waals surface area contributed by atoms with Crippen molar-refractivity contribution in [1.82, 2.24) is 9.97 Å². The van der Waals surface area contributed by atoms with E-state index in [0.717, 1.165) is 10.2 Å². The quantitative estimate of drug-likeness (QED) is 0.530. The van der Waals surface area contributed by atoms with E-state index in [4.69, 9.17) is 9.47 Å². The summed E-state index contributed by atoms with van der Waals surface area (Å²) in [6, 6.07) is 8.25. The van der Waals surface area contributed by atoms with Gasteiger partial charge in [0, 0.05) is 0 Å². The van der Waals surface area contributed by atoms with Gasteiger partial charge in [0.15, 0.2) is 11.7 Å². The lowest BCUT2D eigenvalue weighted by atomic mass is 10.3. The molecule has 25 heavy (non-hydrogen) atoms. The number of nitrogens with one attached hydrogen (secondary N) is 1. The monoisotopic (exact) mass is 360 g/mol. The molecule has 128 valence electrons. The minimum Gasteiger partial charge on any atom is -0.497 e. The highest BCUT2D eigenvalue weighted by atomic mass is 32.1. The van der Waals surface area contributed by atoms with Crippen molar-refractivity contribution < 1.29 is 19.2 Å². The van der Waals surface area contributed by atoms with Gasteiger partial charge >= 0.3 is 5.82 Å². The topological polar surface area (TPSA) is 116 Å². The van der Waals surface area contributed by atoms with Crippen molar-refractivity contribution in [3.05, 3.63) is 46.6 Å². The number of nitrogens with zero attached hydrogens (tertiary/aromatic N) is 3. The molecule has 3 aromatic rings. The van der Waals surface area contributed by atoms with Crippen molar-refractivity contribution in [1.29, 1.82) is 0 Å². The molecule has 3 rings (SSSR count). The van der Waals surface area contributed by atoms with Crippen molar-refractivity contribution in [2.45, 2.75) is 0 Å². The van der Waals surface area contributed by atoms with Crippen molar-refractivity contribution >= 4 is 38.4 Å². The van der Waals surface area contributed by atoms with Gasteiger partial charge in [0.1, 0.15) is 11.9 Å². The number of carbonyl (C=O) groups is 1. The minimum absolute atomic E-state index is 0.0725. The maximum absolute atomic E-state index is 12.0. The van der Waals surface area contributed by atoms with Gasteiger partial charge in [-0.05, 0) is 40.2 Å². The Bertz CT molecular complexity index is 943. The number of fused-ring (bicyclic) bond motifs is 1. The Hall–Kier alpha value is -3.27. The highest BCUT2D eigenvalue weighted by molar-refractivity contribution is 7.22. The van der Waals surface area contributed by atoms with Gasteiger partial charge in [-0.25, -0.2) is 4.98 Å². The van der Waals surface area contributed by atoms with Crippen molar-refractivity contribution in [3.63, 3.8) is 0 Å². The zero-order valence-electron chi connectivity index (χ0n) is 13.0. The number of thiazole rings is 1. The standard InChI is InChI=1S/C15H12N4O5S/c1-23-9-4-5-10-12(7-9)25-15(17-10)18-13(20)8-24-11-3-2-6-16-14(11)19(21)22/h2-7H,8H2,1H3,(H,17,18,20). The lowest BCUT2D eigenvalue weighted by Crippen LogP contribution is -2.20. The summed E-state index contributed by atoms with van der Waals surface area (Å²) in [4.78, 5) is 30.1. The van der Waals surface area contributed by atoms with Gasteiger partial charge in [-0.15, -0.1) is 0 Å². The molecule has 0 aliphatic rings. The Balaban J connectivity index is 1.66. The second-order valence-electron chi connectivity index (χ2n) is 4.77. The Labute approximate surface area is 145 Å². The molecule has 0 aliphatic heterocycles. The Morgan fingerprint density at radius 1 is 1.40 bits per heavy atom. The van der Waals surface area contributed by atoms with Crippen LogP contribution in [0.1, 0.15) is 0 Å². The third-order valence-corrected chi connectivity index (χ3v) is 4.06. The number of pyridine rings is 1. The van der Waals surface area contributed by atoms with Gasteiger partial charge in [0.25, 0.3) is 5.91 Å². The first-order valence-electron chi connectivity index (χ1n) is 7.03. The average Bonchev–Trinajstić information content (AvgIpc) is 3.01. The number of benzene rings is 1. The van der Waals surface area contributed by atoms with E-state index in [1.54, 1.807) is 19.2 Å². The molecule has 1 N–H and O–H groups in total. The molecular formula is C15H12N4O5S. The molecule has 0 unspecified atom stereocenters. The SMILES string of the molecule is COc1ccc2nc(NC(=O)COc3cccnc3[N+](=O)[O-])sc2c1. The number of aromatic nitrogens is 2. The molecule has 0 aliphatic carbocycles. The summed E-state index contributed by atoms with van der Waals surface area (Å²) >= 11 is 1.29. The summed E-state index contributed by atoms with van der Waals surface area (Å²) in [6.45, 7) is -0.397. The second kappa shape index (κ2) is 7.09. The number of rotatable bonds is 6. The largest absolute Gasteiger partial charge is 0.497 e. The molecule has 0 atom stereocenters. The van der Waals surface area contributed by atoms with Crippen LogP contribution in [0.5, 0.6) is 11.5 Å². The van der Waals surface area contributed by atoms with Crippen LogP contribution in [-0.2, 0) is 4.79 Å². The Morgan fingerprint density at radius 3 is 3.00 bits per heavy atom. The average molecular weight is 360 g/mol. The smallest absolute Gasteiger partial charge is 0.406 e. The number of amides is 1. The molecule has 0 saturated carbocycles. The van der Waals surface area contributed by atoms with E-state index in [1.807, 2.05) is 6.07 Å². The highest BCUT2D eigenvalue weighted by Gasteiger charge is 2.17. The molecule has 9 nitrogen and oxygen atoms in total. The summed E-state index contributed by atoms with van der Waals surface area (Å²) in [5, 5.41) is 13.9. The molecule has 0 radical (unpaired) electrons. The number of methoxy groups -OCH3 is 1. The fourth-order valence-electron chi connectivity index (χ4n) is 2.02. The first-order valence-corrected chi connectivity index (χ1v) is 7.85. The molecule has 0 bridgehead atoms. The fraction of sp³-hybridized carbons (Fsp3) is 0.133. The minimum atomic E-state index is -0.672. The first kappa shape index (κ1) is 16.6. The van der Waals surface area contributed by atoms with Crippen LogP contribution in [0.15, 0.2) is 36.5 Å². The van der Waals surface area contributed by atoms with E-state index in [2.05, 4.69) is 15.3 Å². The van der Waals surface area contributed by atoms with Crippen LogP contribution in [0.25, 0.3) is 10.2 Å². The van der Waals surface area contributed by atoms with E-state index in [9.17, 15) is 14.9 Å². The van der Waals surface area contributed by atoms with Crippen LogP contribution in [0.4, 0.5) is 10.9 Å². The highest BCUT2D eigenvalue weighted by Crippen LogP contribution is 2.29. The van der Waals surface area contributed by atoms with Crippen molar-refractivity contribution in [2.24, 2.45) is 0 Å². The van der Waals surface area contributed by atoms with Crippen molar-refractivity contribution in [2.75, 3.05) is 19.0 Å². The predicted molar refractivity (Wildman–Crippen MR) is 91.2 cm³/mol. The normalized spacial score (nSPS) is 10.4. The molecule has 0 spiro atoms. The van der Waals surface area contributed by atoms with E-state index >= 15 is 0 Å². The van der Waals surface area contributed by atoms with Gasteiger partial charge in [-0.1, -0.05) is 11.3 Å². The molecule has 2 aromatic heterocycles. The van der Waals surface area contributed by atoms with E-state index in [0.29, 0.717) is 10.9 Å². The number of hydrogen-bond acceptors (Lipinski definition) is 8. The number of carbonyl (C=O) groups excluding carboxylic acids is 1. The van der Waals surface area contributed by atoms with Crippen molar-refractivity contribution in [3.8, 4) is 11.5 Å². The number of ether oxygens (including phenoxy) is 2. The van der Waals surface area contributed by atoms with Crippen LogP contribution >= 0.6 is 11.3 Å². The molecule has 0 saturated heterocycles. The summed E-state index contributed by atoms with van der Waals surface area (Å²) < 4.78 is 11.2. The molecule has 1 amide bonds. The summed E-state index contributed by atoms with van der Waals surface area (Å²) in [6.07, 6.45) is 1.28. The van der Waals surface area contributed by atoms with Crippen LogP contribution in [-0.4, -0.2) is 34.5 Å². The van der Waals surface area contributed by atoms with Gasteiger partial charge in [0.2, 0.25) is 5.75 Å².